The van der Waals surface area contributed by atoms with E-state index in [0.29, 0.717) is 5.02 Å². The molecule has 4 nitrogen and oxygen atoms in total. The fourth-order valence-electron chi connectivity index (χ4n) is 3.07. The number of carbonyl (C=O) groups excluding carboxylic acids is 1. The predicted octanol–water partition coefficient (Wildman–Crippen LogP) is 4.05. The van der Waals surface area contributed by atoms with E-state index in [2.05, 4.69) is 35.2 Å². The molecule has 1 aliphatic rings. The molecule has 1 fully saturated rings. The van der Waals surface area contributed by atoms with Crippen LogP contribution >= 0.6 is 11.6 Å². The second-order valence-electron chi connectivity index (χ2n) is 6.67. The first-order valence-corrected chi connectivity index (χ1v) is 9.18. The van der Waals surface area contributed by atoms with Gasteiger partial charge in [-0.1, -0.05) is 23.7 Å². The molecule has 26 heavy (non-hydrogen) atoms. The second-order valence-corrected chi connectivity index (χ2v) is 7.10. The summed E-state index contributed by atoms with van der Waals surface area (Å²) in [4.78, 5) is 16.9. The highest BCUT2D eigenvalue weighted by molar-refractivity contribution is 6.30. The van der Waals surface area contributed by atoms with Crippen LogP contribution in [-0.4, -0.2) is 44.0 Å². The van der Waals surface area contributed by atoms with Crippen LogP contribution in [0.5, 0.6) is 0 Å². The quantitative estimate of drug-likeness (QED) is 0.826. The summed E-state index contributed by atoms with van der Waals surface area (Å²) < 4.78 is 0. The van der Waals surface area contributed by atoms with E-state index in [0.717, 1.165) is 37.4 Å². The van der Waals surface area contributed by atoms with E-state index < -0.39 is 0 Å². The lowest BCUT2D eigenvalue weighted by molar-refractivity contribution is -0.111. The third-order valence-electron chi connectivity index (χ3n) is 4.61. The van der Waals surface area contributed by atoms with Crippen molar-refractivity contribution >= 4 is 35.0 Å². The van der Waals surface area contributed by atoms with Crippen LogP contribution in [0.25, 0.3) is 6.08 Å². The molecule has 1 heterocycles. The van der Waals surface area contributed by atoms with Gasteiger partial charge in [-0.3, -0.25) is 4.79 Å². The summed E-state index contributed by atoms with van der Waals surface area (Å²) in [5.74, 6) is -0.147. The Morgan fingerprint density at radius 3 is 2.42 bits per heavy atom. The molecule has 1 saturated heterocycles. The maximum atomic E-state index is 12.1. The molecule has 0 aromatic heterocycles. The molecule has 0 unspecified atom stereocenters. The Hall–Kier alpha value is -2.30. The van der Waals surface area contributed by atoms with Gasteiger partial charge in [0.2, 0.25) is 5.91 Å². The highest BCUT2D eigenvalue weighted by atomic mass is 35.5. The largest absolute Gasteiger partial charge is 0.369 e. The number of rotatable bonds is 4. The Morgan fingerprint density at radius 1 is 1.08 bits per heavy atom. The average Bonchev–Trinajstić information content (AvgIpc) is 2.62. The van der Waals surface area contributed by atoms with Crippen LogP contribution in [0.1, 0.15) is 11.1 Å². The first kappa shape index (κ1) is 18.5. The molecular formula is C21H24ClN3O. The van der Waals surface area contributed by atoms with Crippen LogP contribution in [0.2, 0.25) is 5.02 Å². The maximum Gasteiger partial charge on any atom is 0.248 e. The Balaban J connectivity index is 1.62. The molecule has 3 rings (SSSR count). The molecule has 0 atom stereocenters. The molecule has 1 amide bonds. The monoisotopic (exact) mass is 369 g/mol. The molecule has 5 heteroatoms. The topological polar surface area (TPSA) is 35.6 Å². The maximum absolute atomic E-state index is 12.1. The molecule has 1 aliphatic heterocycles. The van der Waals surface area contributed by atoms with Gasteiger partial charge in [-0.15, -0.1) is 0 Å². The number of aryl methyl sites for hydroxylation is 1. The van der Waals surface area contributed by atoms with Crippen molar-refractivity contribution in [2.24, 2.45) is 0 Å². The zero-order chi connectivity index (χ0) is 18.5. The molecule has 0 saturated carbocycles. The first-order chi connectivity index (χ1) is 12.5. The lowest BCUT2D eigenvalue weighted by Gasteiger charge is -2.35. The lowest BCUT2D eigenvalue weighted by atomic mass is 10.1. The fourth-order valence-corrected chi connectivity index (χ4v) is 3.19. The van der Waals surface area contributed by atoms with Crippen molar-refractivity contribution in [1.29, 1.82) is 0 Å². The van der Waals surface area contributed by atoms with Crippen molar-refractivity contribution in [3.8, 4) is 0 Å². The van der Waals surface area contributed by atoms with Crippen LogP contribution in [-0.2, 0) is 4.79 Å². The van der Waals surface area contributed by atoms with Gasteiger partial charge in [0.15, 0.2) is 0 Å². The fraction of sp³-hybridized carbons (Fsp3) is 0.286. The summed E-state index contributed by atoms with van der Waals surface area (Å²) in [7, 11) is 2.15. The molecular weight excluding hydrogens is 346 g/mol. The van der Waals surface area contributed by atoms with Gasteiger partial charge in [0.05, 0.1) is 0 Å². The Kier molecular flexibility index (Phi) is 5.96. The van der Waals surface area contributed by atoms with Gasteiger partial charge in [0.1, 0.15) is 0 Å². The van der Waals surface area contributed by atoms with Crippen molar-refractivity contribution in [2.45, 2.75) is 6.92 Å². The molecule has 0 radical (unpaired) electrons. The number of halogens is 1. The summed E-state index contributed by atoms with van der Waals surface area (Å²) in [6, 6.07) is 13.5. The zero-order valence-electron chi connectivity index (χ0n) is 15.2. The summed E-state index contributed by atoms with van der Waals surface area (Å²) in [5, 5.41) is 3.61. The van der Waals surface area contributed by atoms with Crippen molar-refractivity contribution < 1.29 is 4.79 Å². The van der Waals surface area contributed by atoms with Gasteiger partial charge >= 0.3 is 0 Å². The van der Waals surface area contributed by atoms with Crippen LogP contribution < -0.4 is 10.2 Å². The van der Waals surface area contributed by atoms with Gasteiger partial charge < -0.3 is 15.1 Å². The number of hydrogen-bond acceptors (Lipinski definition) is 3. The molecule has 136 valence electrons. The highest BCUT2D eigenvalue weighted by Gasteiger charge is 2.16. The van der Waals surface area contributed by atoms with E-state index in [4.69, 9.17) is 11.6 Å². The molecule has 2 aromatic carbocycles. The molecule has 0 spiro atoms. The number of nitrogens with zero attached hydrogens (tertiary/aromatic N) is 2. The number of nitrogens with one attached hydrogen (secondary N) is 1. The van der Waals surface area contributed by atoms with Crippen molar-refractivity contribution in [1.82, 2.24) is 4.90 Å². The third kappa shape index (κ3) is 4.87. The van der Waals surface area contributed by atoms with Crippen molar-refractivity contribution in [3.05, 3.63) is 64.7 Å². The minimum absolute atomic E-state index is 0.147. The van der Waals surface area contributed by atoms with Gasteiger partial charge in [0, 0.05) is 48.7 Å². The molecule has 0 bridgehead atoms. The summed E-state index contributed by atoms with van der Waals surface area (Å²) >= 11 is 5.86. The summed E-state index contributed by atoms with van der Waals surface area (Å²) in [5.41, 5.74) is 4.17. The van der Waals surface area contributed by atoms with Crippen LogP contribution in [0.15, 0.2) is 48.5 Å². The Morgan fingerprint density at radius 2 is 1.77 bits per heavy atom. The molecule has 1 N–H and O–H groups in total. The smallest absolute Gasteiger partial charge is 0.248 e. The van der Waals surface area contributed by atoms with E-state index in [1.165, 1.54) is 17.3 Å². The lowest BCUT2D eigenvalue weighted by Crippen LogP contribution is -2.44. The minimum atomic E-state index is -0.147. The van der Waals surface area contributed by atoms with Crippen molar-refractivity contribution in [2.75, 3.05) is 43.4 Å². The molecule has 0 aliphatic carbocycles. The molecule has 2 aromatic rings. The van der Waals surface area contributed by atoms with Gasteiger partial charge in [-0.05, 0) is 61.5 Å². The summed E-state index contributed by atoms with van der Waals surface area (Å²) in [6.45, 7) is 6.31. The van der Waals surface area contributed by atoms with E-state index in [9.17, 15) is 4.79 Å². The standard InChI is InChI=1S/C21H24ClN3O/c1-16-15-19(8-9-20(16)25-13-11-24(2)12-14-25)23-21(26)10-5-17-3-6-18(22)7-4-17/h3-10,15H,11-14H2,1-2H3,(H,23,26)/b10-5+. The zero-order valence-corrected chi connectivity index (χ0v) is 16.0. The van der Waals surface area contributed by atoms with Crippen LogP contribution in [0.4, 0.5) is 11.4 Å². The van der Waals surface area contributed by atoms with Crippen molar-refractivity contribution in [3.63, 3.8) is 0 Å². The van der Waals surface area contributed by atoms with E-state index >= 15 is 0 Å². The van der Waals surface area contributed by atoms with Crippen LogP contribution in [0.3, 0.4) is 0 Å². The van der Waals surface area contributed by atoms with Gasteiger partial charge in [-0.25, -0.2) is 0 Å². The number of likely N-dealkylation sites (N-methyl/N-ethyl adjacent to an activating group) is 1. The second kappa shape index (κ2) is 8.39. The SMILES string of the molecule is Cc1cc(NC(=O)/C=C/c2ccc(Cl)cc2)ccc1N1CCN(C)CC1. The number of piperazine rings is 1. The van der Waals surface area contributed by atoms with Gasteiger partial charge in [0.25, 0.3) is 0 Å². The van der Waals surface area contributed by atoms with E-state index in [1.807, 2.05) is 24.3 Å². The minimum Gasteiger partial charge on any atom is -0.369 e. The Labute approximate surface area is 160 Å². The number of benzene rings is 2. The van der Waals surface area contributed by atoms with Crippen LogP contribution in [0, 0.1) is 6.92 Å². The Bertz CT molecular complexity index is 793. The highest BCUT2D eigenvalue weighted by Crippen LogP contribution is 2.24. The first-order valence-electron chi connectivity index (χ1n) is 8.80. The van der Waals surface area contributed by atoms with Gasteiger partial charge in [-0.2, -0.15) is 0 Å². The number of anilines is 2. The predicted molar refractivity (Wildman–Crippen MR) is 110 cm³/mol. The third-order valence-corrected chi connectivity index (χ3v) is 4.86. The van der Waals surface area contributed by atoms with E-state index in [-0.39, 0.29) is 5.91 Å². The number of hydrogen-bond donors (Lipinski definition) is 1. The number of carbonyl (C=O) groups is 1. The summed E-state index contributed by atoms with van der Waals surface area (Å²) in [6.07, 6.45) is 3.31. The normalized spacial score (nSPS) is 15.4. The average molecular weight is 370 g/mol. The van der Waals surface area contributed by atoms with E-state index in [1.54, 1.807) is 18.2 Å². The number of amides is 1.